The number of nitrogens with zero attached hydrogens (tertiary/aromatic N) is 13. The average molecular weight is 1560 g/mol. The second kappa shape index (κ2) is 39.6. The molecule has 3 aliphatic heterocycles. The van der Waals surface area contributed by atoms with Gasteiger partial charge in [0.1, 0.15) is 34.7 Å². The average Bonchev–Trinajstić information content (AvgIpc) is 0.774. The molecule has 0 radical (unpaired) electrons. The first-order valence-electron chi connectivity index (χ1n) is 33.4. The molecule has 110 heavy (non-hydrogen) atoms. The molecule has 30 nitrogen and oxygen atoms in total. The van der Waals surface area contributed by atoms with Crippen molar-refractivity contribution in [2.24, 2.45) is 0 Å². The van der Waals surface area contributed by atoms with Crippen LogP contribution in [0.2, 0.25) is 5.28 Å². The second-order valence-electron chi connectivity index (χ2n) is 23.2. The van der Waals surface area contributed by atoms with Crippen LogP contribution < -0.4 is 91.0 Å². The summed E-state index contributed by atoms with van der Waals surface area (Å²) < 4.78 is 75.4. The molecule has 0 spiro atoms. The van der Waals surface area contributed by atoms with Gasteiger partial charge in [-0.25, -0.2) is 42.5 Å². The topological polar surface area (TPSA) is 355 Å². The normalized spacial score (nSPS) is 12.3. The zero-order valence-corrected chi connectivity index (χ0v) is 63.9. The predicted octanol–water partition coefficient (Wildman–Crippen LogP) is 13.6. The van der Waals surface area contributed by atoms with Gasteiger partial charge in [0.25, 0.3) is 0 Å². The molecule has 0 fully saturated rings. The summed E-state index contributed by atoms with van der Waals surface area (Å²) in [6.07, 6.45) is 6.87. The molecular weight excluding hydrogens is 1470 g/mol. The van der Waals surface area contributed by atoms with Crippen LogP contribution in [-0.2, 0) is 29.2 Å². The Hall–Kier alpha value is -12.9. The number of nitrogen functional groups attached to an aromatic ring is 3. The van der Waals surface area contributed by atoms with E-state index >= 15 is 4.39 Å². The fourth-order valence-electron chi connectivity index (χ4n) is 10.6. The van der Waals surface area contributed by atoms with E-state index in [0.29, 0.717) is 91.5 Å². The number of methoxy groups -OCH3 is 6. The number of halogens is 5. The lowest BCUT2D eigenvalue weighted by atomic mass is 10.1. The Labute approximate surface area is 643 Å². The number of fused-ring (bicyclic) bond motifs is 3. The maximum absolute atomic E-state index is 15.0. The molecular formula is C75H84Cl2F3N19O11. The van der Waals surface area contributed by atoms with Gasteiger partial charge in [0, 0.05) is 92.8 Å². The summed E-state index contributed by atoms with van der Waals surface area (Å²) in [6.45, 7) is 16.9. The van der Waals surface area contributed by atoms with Crippen molar-refractivity contribution in [3.05, 3.63) is 193 Å². The third-order valence-corrected chi connectivity index (χ3v) is 16.9. The van der Waals surface area contributed by atoms with Gasteiger partial charge in [-0.05, 0) is 91.4 Å². The van der Waals surface area contributed by atoms with Crippen molar-refractivity contribution >= 4 is 133 Å². The molecule has 0 saturated heterocycles. The van der Waals surface area contributed by atoms with E-state index in [1.165, 1.54) is 154 Å². The van der Waals surface area contributed by atoms with Gasteiger partial charge in [0.05, 0.1) is 113 Å². The second-order valence-corrected chi connectivity index (χ2v) is 23.9. The molecule has 0 bridgehead atoms. The molecule has 6 heterocycles. The monoisotopic (exact) mass is 1550 g/mol. The first kappa shape index (κ1) is 84.4. The number of nitrogens with one attached hydrogen (secondary N) is 3. The molecule has 0 aliphatic carbocycles. The highest BCUT2D eigenvalue weighted by atomic mass is 35.5. The smallest absolute Gasteiger partial charge is 0.330 e. The van der Waals surface area contributed by atoms with Gasteiger partial charge in [-0.15, -0.1) is 0 Å². The third-order valence-electron chi connectivity index (χ3n) is 16.5. The van der Waals surface area contributed by atoms with Crippen molar-refractivity contribution in [2.45, 2.75) is 40.4 Å². The Morgan fingerprint density at radius 3 is 1.15 bits per heavy atom. The van der Waals surface area contributed by atoms with Crippen LogP contribution in [0.4, 0.5) is 108 Å². The number of ether oxygens (including phenoxy) is 6. The highest BCUT2D eigenvalue weighted by Gasteiger charge is 2.37. The standard InChI is InChI=1S/C24H23FN6O4.C21H21FN6O3.C15H14ClFN4O3.C6H8N2.C6H15N.C3H3ClO/c1-5-20(32)27-16-8-6-7-9-17(16)28-23-26-12-14-13-31(24(33)30(2)22(14)29-23)18-10-15(34-3)11-19(35-4)21(18)25;1-27-19-12(10-24-20(26-19)25-15-7-5-4-6-14(15)23)11-28(21(27)29)16-8-13(30-2)9-17(31-3)18(16)22;1-20-13-8(6-18-14(16)19-13)7-21(15(20)22)10-4-9(23-2)5-11(24-3)12(10)17;7-5-3-1-2-4-6(5)8;1-4-7(5-2)6-3;1-2-3(4)5/h5-12H,1,13H2,2-4H3,(H,27,32)(H,26,28,29);4-10H,11,23H2,1-3H3,(H,24,25,26);4-6H,7H2,1-3H3;1-4H,7-8H2;4-6H2,1-3H3;2H,1H2. The lowest BCUT2D eigenvalue weighted by molar-refractivity contribution is -0.112. The van der Waals surface area contributed by atoms with Crippen molar-refractivity contribution in [3.63, 3.8) is 0 Å². The fraction of sp³-hybridized carbons (Fsp3) is 0.240. The Balaban J connectivity index is 0.000000205. The predicted molar refractivity (Wildman–Crippen MR) is 422 cm³/mol. The number of para-hydroxylation sites is 6. The molecule has 0 unspecified atom stereocenters. The van der Waals surface area contributed by atoms with Crippen LogP contribution in [0.1, 0.15) is 37.5 Å². The maximum Gasteiger partial charge on any atom is 0.330 e. The van der Waals surface area contributed by atoms with E-state index < -0.39 is 40.8 Å². The molecule has 3 aliphatic rings. The minimum Gasteiger partial charge on any atom is -0.497 e. The quantitative estimate of drug-likeness (QED) is 0.0189. The molecule has 580 valence electrons. The van der Waals surface area contributed by atoms with Crippen molar-refractivity contribution < 1.29 is 65.6 Å². The Bertz CT molecular complexity index is 4770. The SMILES string of the molecule is C=CC(=O)Cl.C=CC(=O)Nc1ccccc1Nc1ncc2c(n1)N(C)C(=O)N(c1cc(OC)cc(OC)c1F)C2.CCN(CC)CC.COc1cc(OC)c(F)c(N2Cc3cnc(Cl)nc3N(C)C2=O)c1.COc1cc(OC)c(F)c(N2Cc3cnc(Nc4ccccc4N)nc3N(C)C2=O)c1.Nc1ccccc1N. The number of benzene rings is 6. The van der Waals surface area contributed by atoms with E-state index in [2.05, 4.69) is 84.7 Å². The maximum atomic E-state index is 15.0. The number of aromatic nitrogens is 6. The van der Waals surface area contributed by atoms with Crippen molar-refractivity contribution in [1.82, 2.24) is 34.8 Å². The van der Waals surface area contributed by atoms with Crippen LogP contribution in [-0.4, -0.2) is 147 Å². The summed E-state index contributed by atoms with van der Waals surface area (Å²) >= 11 is 10.5. The lowest BCUT2D eigenvalue weighted by Crippen LogP contribution is -2.46. The number of carbonyl (C=O) groups is 5. The minimum atomic E-state index is -0.684. The van der Waals surface area contributed by atoms with Gasteiger partial charge in [-0.2, -0.15) is 15.0 Å². The zero-order chi connectivity index (χ0) is 80.6. The van der Waals surface area contributed by atoms with Crippen LogP contribution >= 0.6 is 23.2 Å². The number of allylic oxidation sites excluding steroid dienone is 1. The summed E-state index contributed by atoms with van der Waals surface area (Å²) in [5.74, 6) is 0.328. The van der Waals surface area contributed by atoms with Crippen LogP contribution in [0.3, 0.4) is 0 Å². The number of hydrogen-bond donors (Lipinski definition) is 6. The van der Waals surface area contributed by atoms with Gasteiger partial charge in [0.2, 0.25) is 28.3 Å². The van der Waals surface area contributed by atoms with Crippen molar-refractivity contribution in [1.29, 1.82) is 0 Å². The van der Waals surface area contributed by atoms with E-state index in [4.69, 9.17) is 68.8 Å². The molecule has 7 amide bonds. The number of carbonyl (C=O) groups excluding carboxylic acids is 5. The molecule has 9 N–H and O–H groups in total. The number of hydrogen-bond acceptors (Lipinski definition) is 23. The van der Waals surface area contributed by atoms with Gasteiger partial charge < -0.3 is 66.5 Å². The number of urea groups is 3. The van der Waals surface area contributed by atoms with E-state index in [0.717, 1.165) is 6.08 Å². The van der Waals surface area contributed by atoms with Gasteiger partial charge in [0.15, 0.2) is 34.7 Å². The van der Waals surface area contributed by atoms with Crippen molar-refractivity contribution in [2.75, 3.05) is 146 Å². The summed E-state index contributed by atoms with van der Waals surface area (Å²) in [5.41, 5.74) is 22.3. The van der Waals surface area contributed by atoms with Crippen LogP contribution in [0, 0.1) is 17.5 Å². The number of rotatable bonds is 19. The highest BCUT2D eigenvalue weighted by Crippen LogP contribution is 2.42. The minimum absolute atomic E-state index is 0.0118. The van der Waals surface area contributed by atoms with Crippen LogP contribution in [0.15, 0.2) is 153 Å². The lowest BCUT2D eigenvalue weighted by Gasteiger charge is -2.34. The van der Waals surface area contributed by atoms with E-state index in [9.17, 15) is 32.8 Å². The van der Waals surface area contributed by atoms with Gasteiger partial charge in [-0.3, -0.25) is 39.0 Å². The number of amides is 7. The Morgan fingerprint density at radius 1 is 0.500 bits per heavy atom. The summed E-state index contributed by atoms with van der Waals surface area (Å²) in [4.78, 5) is 95.8. The molecule has 0 atom stereocenters. The molecule has 35 heteroatoms. The van der Waals surface area contributed by atoms with E-state index in [-0.39, 0.29) is 71.1 Å². The number of anilines is 14. The van der Waals surface area contributed by atoms with Gasteiger partial charge >= 0.3 is 18.1 Å². The molecule has 0 saturated carbocycles. The largest absolute Gasteiger partial charge is 0.497 e. The first-order chi connectivity index (χ1) is 52.7. The Kier molecular flexibility index (Phi) is 30.4. The summed E-state index contributed by atoms with van der Waals surface area (Å²) in [5, 5.41) is 8.33. The summed E-state index contributed by atoms with van der Waals surface area (Å²) in [6, 6.07) is 28.6. The molecule has 12 rings (SSSR count). The molecule has 6 aromatic carbocycles. The van der Waals surface area contributed by atoms with Crippen molar-refractivity contribution in [3.8, 4) is 34.5 Å². The van der Waals surface area contributed by atoms with Crippen LogP contribution in [0.25, 0.3) is 0 Å². The first-order valence-corrected chi connectivity index (χ1v) is 34.1. The van der Waals surface area contributed by atoms with E-state index in [1.54, 1.807) is 68.0 Å². The molecule has 9 aromatic rings. The number of nitrogens with two attached hydrogens (primary N) is 3. The van der Waals surface area contributed by atoms with Gasteiger partial charge in [-0.1, -0.05) is 70.3 Å². The van der Waals surface area contributed by atoms with E-state index in [1.807, 2.05) is 24.3 Å². The molecule has 3 aromatic heterocycles. The highest BCUT2D eigenvalue weighted by molar-refractivity contribution is 6.66. The summed E-state index contributed by atoms with van der Waals surface area (Å²) in [7, 11) is 13.0. The Morgan fingerprint density at radius 2 is 0.827 bits per heavy atom. The van der Waals surface area contributed by atoms with Crippen LogP contribution in [0.5, 0.6) is 34.5 Å². The third kappa shape index (κ3) is 20.8. The fourth-order valence-corrected chi connectivity index (χ4v) is 10.7. The zero-order valence-electron chi connectivity index (χ0n) is 62.4.